The Kier molecular flexibility index (Phi) is 12.3. The Hall–Kier alpha value is -1.08. The molecule has 304 valence electrons. The summed E-state index contributed by atoms with van der Waals surface area (Å²) in [4.78, 5) is 0. The second kappa shape index (κ2) is 15.7. The molecule has 0 radical (unpaired) electrons. The van der Waals surface area contributed by atoms with Gasteiger partial charge in [0.25, 0.3) is 0 Å². The van der Waals surface area contributed by atoms with E-state index in [9.17, 15) is 46.0 Å². The number of aliphatic hydroxyl groups excluding tert-OH is 8. The Bertz CT molecular complexity index is 1330. The molecule has 5 fully saturated rings. The first-order valence-corrected chi connectivity index (χ1v) is 19.5. The maximum atomic E-state index is 12.8. The molecular formula is C39H64O14. The minimum atomic E-state index is -1.44. The predicted molar refractivity (Wildman–Crippen MR) is 189 cm³/mol. The maximum Gasteiger partial charge on any atom is 0.187 e. The van der Waals surface area contributed by atoms with E-state index in [0.717, 1.165) is 5.57 Å². The van der Waals surface area contributed by atoms with Crippen LogP contribution < -0.4 is 0 Å². The van der Waals surface area contributed by atoms with Crippen molar-refractivity contribution in [2.75, 3.05) is 26.9 Å². The zero-order valence-corrected chi connectivity index (χ0v) is 31.8. The molecule has 3 saturated carbocycles. The molecule has 2 heterocycles. The van der Waals surface area contributed by atoms with Crippen LogP contribution >= 0.6 is 0 Å². The van der Waals surface area contributed by atoms with E-state index < -0.39 is 96.0 Å². The zero-order valence-electron chi connectivity index (χ0n) is 31.8. The van der Waals surface area contributed by atoms with Gasteiger partial charge in [0, 0.05) is 19.4 Å². The van der Waals surface area contributed by atoms with Gasteiger partial charge < -0.3 is 69.6 Å². The van der Waals surface area contributed by atoms with E-state index >= 15 is 0 Å². The van der Waals surface area contributed by atoms with Gasteiger partial charge in [0.2, 0.25) is 0 Å². The summed E-state index contributed by atoms with van der Waals surface area (Å²) >= 11 is 0. The third-order valence-corrected chi connectivity index (χ3v) is 14.4. The number of rotatable bonds is 10. The van der Waals surface area contributed by atoms with Gasteiger partial charge in [-0.05, 0) is 71.7 Å². The average molecular weight is 757 g/mol. The van der Waals surface area contributed by atoms with E-state index in [2.05, 4.69) is 26.0 Å². The molecule has 4 aliphatic carbocycles. The van der Waals surface area contributed by atoms with Crippen LogP contribution in [0.2, 0.25) is 0 Å². The van der Waals surface area contributed by atoms with Crippen LogP contribution in [0.4, 0.5) is 0 Å². The smallest absolute Gasteiger partial charge is 0.187 e. The molecule has 0 bridgehead atoms. The third-order valence-electron chi connectivity index (χ3n) is 14.4. The topological polar surface area (TPSA) is 228 Å². The number of hydrogen-bond acceptors (Lipinski definition) is 14. The first kappa shape index (κ1) is 41.6. The fraction of sp³-hybridized carbons (Fsp3) is 0.897. The lowest BCUT2D eigenvalue weighted by Crippen LogP contribution is -2.66. The third kappa shape index (κ3) is 7.22. The molecule has 0 aromatic rings. The van der Waals surface area contributed by atoms with Crippen molar-refractivity contribution >= 4 is 0 Å². The summed E-state index contributed by atoms with van der Waals surface area (Å²) in [6, 6.07) is 0. The molecule has 6 rings (SSSR count). The van der Waals surface area contributed by atoms with Crippen molar-refractivity contribution in [3.8, 4) is 0 Å². The van der Waals surface area contributed by atoms with Crippen LogP contribution in [0.3, 0.4) is 0 Å². The molecule has 0 spiro atoms. The van der Waals surface area contributed by atoms with Crippen molar-refractivity contribution in [1.29, 1.82) is 0 Å². The van der Waals surface area contributed by atoms with Gasteiger partial charge in [-0.15, -0.1) is 0 Å². The SMILES string of the molecule is COC1C(OC2C=C3C(O)CC4(O)C(CCC5(C)C(C(C)C=CC(C)C(C)COC6OCC(O)C(O)C6O)C(O)C(O)C54)C3(C)CC2)OCC(O)C1O. The van der Waals surface area contributed by atoms with Crippen molar-refractivity contribution < 1.29 is 69.6 Å². The van der Waals surface area contributed by atoms with Gasteiger partial charge in [0.05, 0.1) is 49.8 Å². The van der Waals surface area contributed by atoms with Gasteiger partial charge in [-0.3, -0.25) is 0 Å². The number of aliphatic hydroxyl groups is 9. The fourth-order valence-corrected chi connectivity index (χ4v) is 11.3. The summed E-state index contributed by atoms with van der Waals surface area (Å²) < 4.78 is 28.4. The number of allylic oxidation sites excluding steroid dienone is 2. The van der Waals surface area contributed by atoms with Crippen LogP contribution in [0.15, 0.2) is 23.8 Å². The Morgan fingerprint density at radius 2 is 1.49 bits per heavy atom. The Labute approximate surface area is 312 Å². The Morgan fingerprint density at radius 1 is 0.830 bits per heavy atom. The van der Waals surface area contributed by atoms with Crippen molar-refractivity contribution in [3.63, 3.8) is 0 Å². The molecule has 21 atom stereocenters. The first-order valence-electron chi connectivity index (χ1n) is 19.5. The highest BCUT2D eigenvalue weighted by Gasteiger charge is 2.72. The molecule has 14 nitrogen and oxygen atoms in total. The summed E-state index contributed by atoms with van der Waals surface area (Å²) in [5, 5.41) is 98.3. The second-order valence-electron chi connectivity index (χ2n) is 17.7. The number of hydrogen-bond donors (Lipinski definition) is 9. The molecule has 6 aliphatic rings. The maximum absolute atomic E-state index is 12.8. The molecule has 9 N–H and O–H groups in total. The van der Waals surface area contributed by atoms with Gasteiger partial charge in [-0.1, -0.05) is 52.8 Å². The summed E-state index contributed by atoms with van der Waals surface area (Å²) in [6.45, 7) is 10.2. The van der Waals surface area contributed by atoms with Gasteiger partial charge in [-0.25, -0.2) is 0 Å². The number of fused-ring (bicyclic) bond motifs is 5. The Balaban J connectivity index is 1.14. The van der Waals surface area contributed by atoms with E-state index in [-0.39, 0.29) is 55.8 Å². The van der Waals surface area contributed by atoms with Crippen LogP contribution in [-0.4, -0.2) is 152 Å². The summed E-state index contributed by atoms with van der Waals surface area (Å²) in [7, 11) is 1.42. The largest absolute Gasteiger partial charge is 0.390 e. The fourth-order valence-electron chi connectivity index (χ4n) is 11.3. The van der Waals surface area contributed by atoms with Crippen molar-refractivity contribution in [3.05, 3.63) is 23.8 Å². The normalized spacial score (nSPS) is 51.9. The van der Waals surface area contributed by atoms with E-state index in [1.165, 1.54) is 7.11 Å². The lowest BCUT2D eigenvalue weighted by Gasteiger charge is -2.63. The Morgan fingerprint density at radius 3 is 2.17 bits per heavy atom. The molecule has 14 heteroatoms. The van der Waals surface area contributed by atoms with E-state index in [4.69, 9.17) is 23.7 Å². The van der Waals surface area contributed by atoms with Gasteiger partial charge in [0.1, 0.15) is 36.6 Å². The highest BCUT2D eigenvalue weighted by Crippen LogP contribution is 2.69. The lowest BCUT2D eigenvalue weighted by molar-refractivity contribution is -0.285. The number of ether oxygens (including phenoxy) is 5. The second-order valence-corrected chi connectivity index (χ2v) is 17.7. The lowest BCUT2D eigenvalue weighted by atomic mass is 9.43. The standard InChI is InChI=1S/C39H64O14/c1-18(20(3)15-50-35-32(47)28(43)24(41)16-51-35)7-8-19(2)27-30(45)31(46)34-38(27,5)12-10-26-37(4)11-9-21(13-22(37)23(40)14-39(26,34)48)53-36-33(49-6)29(44)25(42)17-52-36/h7-8,13,18-21,23-36,40-48H,9-12,14-17H2,1-6H3. The molecule has 21 unspecified atom stereocenters. The van der Waals surface area contributed by atoms with Gasteiger partial charge in [0.15, 0.2) is 12.6 Å². The van der Waals surface area contributed by atoms with Gasteiger partial charge >= 0.3 is 0 Å². The van der Waals surface area contributed by atoms with Crippen molar-refractivity contribution in [1.82, 2.24) is 0 Å². The van der Waals surface area contributed by atoms with Crippen LogP contribution in [0, 0.1) is 46.3 Å². The minimum Gasteiger partial charge on any atom is -0.390 e. The van der Waals surface area contributed by atoms with Crippen LogP contribution in [0.5, 0.6) is 0 Å². The number of methoxy groups -OCH3 is 1. The summed E-state index contributed by atoms with van der Waals surface area (Å²) in [6.07, 6.45) is -4.15. The van der Waals surface area contributed by atoms with E-state index in [1.807, 2.05) is 26.8 Å². The van der Waals surface area contributed by atoms with E-state index in [1.54, 1.807) is 0 Å². The molecular weight excluding hydrogens is 692 g/mol. The van der Waals surface area contributed by atoms with Crippen LogP contribution in [-0.2, 0) is 23.7 Å². The average Bonchev–Trinajstić information content (AvgIpc) is 3.32. The quantitative estimate of drug-likeness (QED) is 0.134. The molecule has 0 amide bonds. The summed E-state index contributed by atoms with van der Waals surface area (Å²) in [5.41, 5.74) is -1.87. The first-order chi connectivity index (χ1) is 24.9. The highest BCUT2D eigenvalue weighted by atomic mass is 16.7. The predicted octanol–water partition coefficient (Wildman–Crippen LogP) is -0.00890. The molecule has 0 aromatic carbocycles. The van der Waals surface area contributed by atoms with Gasteiger partial charge in [-0.2, -0.15) is 0 Å². The van der Waals surface area contributed by atoms with Crippen LogP contribution in [0.25, 0.3) is 0 Å². The monoisotopic (exact) mass is 756 g/mol. The molecule has 2 saturated heterocycles. The van der Waals surface area contributed by atoms with Crippen molar-refractivity contribution in [2.24, 2.45) is 46.3 Å². The molecule has 2 aliphatic heterocycles. The highest BCUT2D eigenvalue weighted by molar-refractivity contribution is 5.33. The zero-order chi connectivity index (χ0) is 38.8. The van der Waals surface area contributed by atoms with E-state index in [0.29, 0.717) is 25.7 Å². The molecule has 53 heavy (non-hydrogen) atoms. The summed E-state index contributed by atoms with van der Waals surface area (Å²) in [5.74, 6) is -1.43. The van der Waals surface area contributed by atoms with Crippen LogP contribution in [0.1, 0.15) is 66.7 Å². The minimum absolute atomic E-state index is 0.000113. The van der Waals surface area contributed by atoms with Crippen molar-refractivity contribution in [2.45, 2.75) is 146 Å². The molecule has 0 aromatic heterocycles.